The number of benzene rings is 2. The van der Waals surface area contributed by atoms with E-state index in [0.717, 1.165) is 24.5 Å². The monoisotopic (exact) mass is 354 g/mol. The number of carbonyl (C=O) groups is 2. The molecule has 0 atom stereocenters. The zero-order valence-electron chi connectivity index (χ0n) is 15.3. The summed E-state index contributed by atoms with van der Waals surface area (Å²) in [6.07, 6.45) is 0.208. The quantitative estimate of drug-likeness (QED) is 0.677. The molecule has 0 aromatic heterocycles. The van der Waals surface area contributed by atoms with Crippen molar-refractivity contribution in [3.63, 3.8) is 0 Å². The number of amides is 3. The number of carbonyl (C=O) groups excluding carboxylic acids is 2. The Morgan fingerprint density at radius 3 is 2.08 bits per heavy atom. The summed E-state index contributed by atoms with van der Waals surface area (Å²) >= 11 is 0. The van der Waals surface area contributed by atoms with E-state index in [4.69, 9.17) is 0 Å². The first-order valence-electron chi connectivity index (χ1n) is 8.87. The molecule has 138 valence electrons. The summed E-state index contributed by atoms with van der Waals surface area (Å²) in [5.41, 5.74) is 2.59. The highest BCUT2D eigenvalue weighted by atomic mass is 16.2. The molecule has 0 radical (unpaired) electrons. The molecule has 0 bridgehead atoms. The third kappa shape index (κ3) is 6.12. The SMILES string of the molecule is CCN(CC)c1ccc(NC(=O)CCNC(=O)Nc2ccccc2)cc1. The topological polar surface area (TPSA) is 73.5 Å². The predicted octanol–water partition coefficient (Wildman–Crippen LogP) is 3.68. The van der Waals surface area contributed by atoms with Gasteiger partial charge in [0.1, 0.15) is 0 Å². The van der Waals surface area contributed by atoms with Crippen molar-refractivity contribution in [1.29, 1.82) is 0 Å². The van der Waals surface area contributed by atoms with Crippen molar-refractivity contribution in [1.82, 2.24) is 5.32 Å². The zero-order chi connectivity index (χ0) is 18.8. The molecule has 0 unspecified atom stereocenters. The van der Waals surface area contributed by atoms with Crippen LogP contribution in [-0.2, 0) is 4.79 Å². The molecular formula is C20H26N4O2. The second-order valence-corrected chi connectivity index (χ2v) is 5.76. The largest absolute Gasteiger partial charge is 0.372 e. The van der Waals surface area contributed by atoms with E-state index in [9.17, 15) is 9.59 Å². The second kappa shape index (κ2) is 10.1. The molecular weight excluding hydrogens is 328 g/mol. The van der Waals surface area contributed by atoms with Crippen molar-refractivity contribution in [2.24, 2.45) is 0 Å². The van der Waals surface area contributed by atoms with Gasteiger partial charge in [0.05, 0.1) is 0 Å². The van der Waals surface area contributed by atoms with Crippen LogP contribution < -0.4 is 20.9 Å². The number of anilines is 3. The molecule has 0 aliphatic heterocycles. The average molecular weight is 354 g/mol. The van der Waals surface area contributed by atoms with Crippen LogP contribution in [0.1, 0.15) is 20.3 Å². The minimum absolute atomic E-state index is 0.138. The lowest BCUT2D eigenvalue weighted by Gasteiger charge is -2.21. The summed E-state index contributed by atoms with van der Waals surface area (Å²) < 4.78 is 0. The molecule has 0 heterocycles. The van der Waals surface area contributed by atoms with Crippen LogP contribution in [0.3, 0.4) is 0 Å². The summed E-state index contributed by atoms with van der Waals surface area (Å²) in [6.45, 7) is 6.38. The zero-order valence-corrected chi connectivity index (χ0v) is 15.3. The van der Waals surface area contributed by atoms with Crippen LogP contribution in [0, 0.1) is 0 Å². The second-order valence-electron chi connectivity index (χ2n) is 5.76. The molecule has 2 aromatic carbocycles. The van der Waals surface area contributed by atoms with Crippen molar-refractivity contribution in [3.05, 3.63) is 54.6 Å². The van der Waals surface area contributed by atoms with Gasteiger partial charge in [-0.3, -0.25) is 4.79 Å². The fraction of sp³-hybridized carbons (Fsp3) is 0.300. The van der Waals surface area contributed by atoms with Crippen molar-refractivity contribution in [3.8, 4) is 0 Å². The number of hydrogen-bond donors (Lipinski definition) is 3. The van der Waals surface area contributed by atoms with Crippen molar-refractivity contribution < 1.29 is 9.59 Å². The Labute approximate surface area is 154 Å². The molecule has 6 nitrogen and oxygen atoms in total. The summed E-state index contributed by atoms with van der Waals surface area (Å²) in [6, 6.07) is 16.6. The summed E-state index contributed by atoms with van der Waals surface area (Å²) in [4.78, 5) is 26.0. The molecule has 0 saturated carbocycles. The third-order valence-electron chi connectivity index (χ3n) is 3.95. The summed E-state index contributed by atoms with van der Waals surface area (Å²) in [7, 11) is 0. The van der Waals surface area contributed by atoms with Crippen LogP contribution >= 0.6 is 0 Å². The molecule has 6 heteroatoms. The minimum atomic E-state index is -0.326. The van der Waals surface area contributed by atoms with Gasteiger partial charge in [0.15, 0.2) is 0 Å². The van der Waals surface area contributed by atoms with Gasteiger partial charge in [-0.05, 0) is 50.2 Å². The molecule has 0 saturated heterocycles. The lowest BCUT2D eigenvalue weighted by molar-refractivity contribution is -0.116. The number of nitrogens with zero attached hydrogens (tertiary/aromatic N) is 1. The van der Waals surface area contributed by atoms with Gasteiger partial charge in [0, 0.05) is 43.1 Å². The van der Waals surface area contributed by atoms with Crippen LogP contribution in [0.5, 0.6) is 0 Å². The standard InChI is InChI=1S/C20H26N4O2/c1-3-24(4-2)18-12-10-17(11-13-18)22-19(25)14-15-21-20(26)23-16-8-6-5-7-9-16/h5-13H,3-4,14-15H2,1-2H3,(H,22,25)(H2,21,23,26). The van der Waals surface area contributed by atoms with Gasteiger partial charge in [0.2, 0.25) is 5.91 Å². The fourth-order valence-electron chi connectivity index (χ4n) is 2.55. The maximum Gasteiger partial charge on any atom is 0.319 e. The van der Waals surface area contributed by atoms with Crippen LogP contribution in [0.2, 0.25) is 0 Å². The van der Waals surface area contributed by atoms with Gasteiger partial charge >= 0.3 is 6.03 Å². The Bertz CT molecular complexity index is 698. The highest BCUT2D eigenvalue weighted by Gasteiger charge is 2.06. The molecule has 0 aliphatic carbocycles. The van der Waals surface area contributed by atoms with Gasteiger partial charge in [-0.25, -0.2) is 4.79 Å². The third-order valence-corrected chi connectivity index (χ3v) is 3.95. The number of nitrogens with one attached hydrogen (secondary N) is 3. The molecule has 0 fully saturated rings. The van der Waals surface area contributed by atoms with Gasteiger partial charge in [0.25, 0.3) is 0 Å². The fourth-order valence-corrected chi connectivity index (χ4v) is 2.55. The Balaban J connectivity index is 1.72. The minimum Gasteiger partial charge on any atom is -0.372 e. The highest BCUT2D eigenvalue weighted by molar-refractivity contribution is 5.92. The Kier molecular flexibility index (Phi) is 7.49. The molecule has 26 heavy (non-hydrogen) atoms. The number of hydrogen-bond acceptors (Lipinski definition) is 3. The van der Waals surface area contributed by atoms with Crippen molar-refractivity contribution in [2.45, 2.75) is 20.3 Å². The van der Waals surface area contributed by atoms with E-state index in [1.165, 1.54) is 0 Å². The molecule has 3 N–H and O–H groups in total. The van der Waals surface area contributed by atoms with Gasteiger partial charge in [-0.15, -0.1) is 0 Å². The first kappa shape index (κ1) is 19.3. The Morgan fingerprint density at radius 1 is 0.846 bits per heavy atom. The van der Waals surface area contributed by atoms with Gasteiger partial charge < -0.3 is 20.9 Å². The van der Waals surface area contributed by atoms with E-state index >= 15 is 0 Å². The Hall–Kier alpha value is -3.02. The van der Waals surface area contributed by atoms with E-state index in [1.54, 1.807) is 12.1 Å². The van der Waals surface area contributed by atoms with E-state index < -0.39 is 0 Å². The van der Waals surface area contributed by atoms with E-state index in [2.05, 4.69) is 34.7 Å². The lowest BCUT2D eigenvalue weighted by atomic mass is 10.2. The van der Waals surface area contributed by atoms with E-state index in [-0.39, 0.29) is 24.9 Å². The van der Waals surface area contributed by atoms with Crippen LogP contribution in [0.4, 0.5) is 21.9 Å². The van der Waals surface area contributed by atoms with Gasteiger partial charge in [-0.1, -0.05) is 18.2 Å². The first-order valence-corrected chi connectivity index (χ1v) is 8.87. The maximum atomic E-state index is 12.0. The predicted molar refractivity (Wildman–Crippen MR) is 107 cm³/mol. The molecule has 3 amide bonds. The molecule has 0 aliphatic rings. The van der Waals surface area contributed by atoms with Crippen LogP contribution in [-0.4, -0.2) is 31.6 Å². The van der Waals surface area contributed by atoms with Crippen LogP contribution in [0.15, 0.2) is 54.6 Å². The van der Waals surface area contributed by atoms with Gasteiger partial charge in [-0.2, -0.15) is 0 Å². The first-order chi connectivity index (χ1) is 12.6. The van der Waals surface area contributed by atoms with Crippen molar-refractivity contribution >= 4 is 29.0 Å². The highest BCUT2D eigenvalue weighted by Crippen LogP contribution is 2.17. The average Bonchev–Trinajstić information content (AvgIpc) is 2.65. The normalized spacial score (nSPS) is 10.1. The Morgan fingerprint density at radius 2 is 1.46 bits per heavy atom. The smallest absolute Gasteiger partial charge is 0.319 e. The lowest BCUT2D eigenvalue weighted by Crippen LogP contribution is -2.31. The van der Waals surface area contributed by atoms with Crippen LogP contribution in [0.25, 0.3) is 0 Å². The van der Waals surface area contributed by atoms with Crippen molar-refractivity contribution in [2.75, 3.05) is 35.2 Å². The molecule has 2 rings (SSSR count). The van der Waals surface area contributed by atoms with E-state index in [1.807, 2.05) is 42.5 Å². The molecule has 0 spiro atoms. The summed E-state index contributed by atoms with van der Waals surface area (Å²) in [5, 5.41) is 8.21. The molecule has 2 aromatic rings. The number of urea groups is 1. The number of para-hydroxylation sites is 1. The maximum absolute atomic E-state index is 12.0. The van der Waals surface area contributed by atoms with E-state index in [0.29, 0.717) is 5.69 Å². The number of rotatable bonds is 8. The summed E-state index contributed by atoms with van der Waals surface area (Å²) in [5.74, 6) is -0.138.